The quantitative estimate of drug-likeness (QED) is 0.890. The standard InChI is InChI=1S/C15H17N3O/c1-16-15(19)11-7-9-18(10-11)14-6-8-17-13-5-3-2-4-12(13)14/h2-6,8,11H,7,9-10H2,1H3,(H,16,19). The van der Waals surface area contributed by atoms with Gasteiger partial charge in [-0.1, -0.05) is 18.2 Å². The molecular weight excluding hydrogens is 238 g/mol. The Morgan fingerprint density at radius 1 is 1.37 bits per heavy atom. The van der Waals surface area contributed by atoms with Crippen molar-refractivity contribution in [2.75, 3.05) is 25.0 Å². The molecule has 1 aliphatic heterocycles. The maximum Gasteiger partial charge on any atom is 0.224 e. The van der Waals surface area contributed by atoms with Gasteiger partial charge in [0.25, 0.3) is 0 Å². The topological polar surface area (TPSA) is 45.2 Å². The van der Waals surface area contributed by atoms with E-state index in [1.54, 1.807) is 7.05 Å². The summed E-state index contributed by atoms with van der Waals surface area (Å²) in [6.07, 6.45) is 2.75. The molecule has 0 radical (unpaired) electrons. The van der Waals surface area contributed by atoms with Crippen LogP contribution in [0.3, 0.4) is 0 Å². The molecular formula is C15H17N3O. The van der Waals surface area contributed by atoms with Crippen LogP contribution in [0.5, 0.6) is 0 Å². The zero-order valence-corrected chi connectivity index (χ0v) is 11.0. The molecule has 1 amide bonds. The number of aromatic nitrogens is 1. The van der Waals surface area contributed by atoms with E-state index in [-0.39, 0.29) is 11.8 Å². The molecule has 1 N–H and O–H groups in total. The van der Waals surface area contributed by atoms with E-state index in [9.17, 15) is 4.79 Å². The smallest absolute Gasteiger partial charge is 0.224 e. The van der Waals surface area contributed by atoms with Gasteiger partial charge in [-0.15, -0.1) is 0 Å². The Hall–Kier alpha value is -2.10. The summed E-state index contributed by atoms with van der Waals surface area (Å²) in [5.41, 5.74) is 2.18. The summed E-state index contributed by atoms with van der Waals surface area (Å²) >= 11 is 0. The van der Waals surface area contributed by atoms with Crippen LogP contribution in [0.4, 0.5) is 5.69 Å². The molecule has 2 aromatic rings. The average molecular weight is 255 g/mol. The largest absolute Gasteiger partial charge is 0.370 e. The second-order valence-electron chi connectivity index (χ2n) is 4.89. The molecule has 1 atom stereocenters. The van der Waals surface area contributed by atoms with Crippen LogP contribution in [0.2, 0.25) is 0 Å². The Labute approximate surface area is 112 Å². The molecule has 1 aromatic heterocycles. The summed E-state index contributed by atoms with van der Waals surface area (Å²) in [6, 6.07) is 10.2. The number of nitrogens with zero attached hydrogens (tertiary/aromatic N) is 2. The van der Waals surface area contributed by atoms with Crippen molar-refractivity contribution in [3.05, 3.63) is 36.5 Å². The number of anilines is 1. The van der Waals surface area contributed by atoms with Crippen LogP contribution in [-0.4, -0.2) is 31.0 Å². The number of nitrogens with one attached hydrogen (secondary N) is 1. The normalized spacial score (nSPS) is 18.8. The van der Waals surface area contributed by atoms with Crippen molar-refractivity contribution in [2.24, 2.45) is 5.92 Å². The summed E-state index contributed by atoms with van der Waals surface area (Å²) < 4.78 is 0. The Balaban J connectivity index is 1.92. The lowest BCUT2D eigenvalue weighted by molar-refractivity contribution is -0.123. The van der Waals surface area contributed by atoms with Gasteiger partial charge in [0.05, 0.1) is 11.4 Å². The molecule has 1 aliphatic rings. The number of rotatable bonds is 2. The third-order valence-corrected chi connectivity index (χ3v) is 3.77. The maximum absolute atomic E-state index is 11.7. The number of carbonyl (C=O) groups excluding carboxylic acids is 1. The molecule has 19 heavy (non-hydrogen) atoms. The molecule has 0 aliphatic carbocycles. The van der Waals surface area contributed by atoms with Crippen molar-refractivity contribution >= 4 is 22.5 Å². The van der Waals surface area contributed by atoms with Gasteiger partial charge in [-0.2, -0.15) is 0 Å². The van der Waals surface area contributed by atoms with Crippen LogP contribution >= 0.6 is 0 Å². The predicted molar refractivity (Wildman–Crippen MR) is 76.1 cm³/mol. The van der Waals surface area contributed by atoms with Gasteiger partial charge >= 0.3 is 0 Å². The Morgan fingerprint density at radius 3 is 3.05 bits per heavy atom. The molecule has 1 saturated heterocycles. The summed E-state index contributed by atoms with van der Waals surface area (Å²) in [5.74, 6) is 0.234. The third-order valence-electron chi connectivity index (χ3n) is 3.77. The lowest BCUT2D eigenvalue weighted by Gasteiger charge is -2.20. The molecule has 1 aromatic carbocycles. The molecule has 4 heteroatoms. The molecule has 0 bridgehead atoms. The zero-order valence-electron chi connectivity index (χ0n) is 11.0. The molecule has 3 rings (SSSR count). The first-order chi connectivity index (χ1) is 9.29. The van der Waals surface area contributed by atoms with Gasteiger partial charge < -0.3 is 10.2 Å². The van der Waals surface area contributed by atoms with E-state index in [1.807, 2.05) is 30.5 Å². The van der Waals surface area contributed by atoms with Crippen LogP contribution < -0.4 is 10.2 Å². The van der Waals surface area contributed by atoms with E-state index in [1.165, 1.54) is 5.69 Å². The van der Waals surface area contributed by atoms with E-state index >= 15 is 0 Å². The van der Waals surface area contributed by atoms with Crippen molar-refractivity contribution in [1.29, 1.82) is 0 Å². The second kappa shape index (κ2) is 4.88. The van der Waals surface area contributed by atoms with Crippen molar-refractivity contribution in [2.45, 2.75) is 6.42 Å². The van der Waals surface area contributed by atoms with Crippen molar-refractivity contribution in [3.63, 3.8) is 0 Å². The number of hydrogen-bond donors (Lipinski definition) is 1. The van der Waals surface area contributed by atoms with Gasteiger partial charge in [0.15, 0.2) is 0 Å². The highest BCUT2D eigenvalue weighted by Gasteiger charge is 2.28. The van der Waals surface area contributed by atoms with Crippen LogP contribution in [-0.2, 0) is 4.79 Å². The van der Waals surface area contributed by atoms with Gasteiger partial charge in [-0.05, 0) is 18.6 Å². The number of carbonyl (C=O) groups is 1. The van der Waals surface area contributed by atoms with Crippen LogP contribution in [0.1, 0.15) is 6.42 Å². The van der Waals surface area contributed by atoms with Gasteiger partial charge in [-0.25, -0.2) is 0 Å². The summed E-state index contributed by atoms with van der Waals surface area (Å²) in [5, 5.41) is 3.89. The van der Waals surface area contributed by atoms with Crippen LogP contribution in [0.15, 0.2) is 36.5 Å². The minimum absolute atomic E-state index is 0.0944. The minimum atomic E-state index is 0.0944. The van der Waals surface area contributed by atoms with Crippen molar-refractivity contribution in [1.82, 2.24) is 10.3 Å². The summed E-state index contributed by atoms with van der Waals surface area (Å²) in [6.45, 7) is 1.71. The van der Waals surface area contributed by atoms with Crippen LogP contribution in [0.25, 0.3) is 10.9 Å². The first-order valence-corrected chi connectivity index (χ1v) is 6.60. The molecule has 0 saturated carbocycles. The average Bonchev–Trinajstić information content (AvgIpc) is 2.95. The number of para-hydroxylation sites is 1. The fourth-order valence-corrected chi connectivity index (χ4v) is 2.75. The SMILES string of the molecule is CNC(=O)C1CCN(c2ccnc3ccccc23)C1. The van der Waals surface area contributed by atoms with E-state index in [2.05, 4.69) is 21.3 Å². The highest BCUT2D eigenvalue weighted by molar-refractivity contribution is 5.92. The Kier molecular flexibility index (Phi) is 3.07. The van der Waals surface area contributed by atoms with Crippen molar-refractivity contribution < 1.29 is 4.79 Å². The zero-order chi connectivity index (χ0) is 13.2. The first-order valence-electron chi connectivity index (χ1n) is 6.60. The number of amides is 1. The van der Waals surface area contributed by atoms with Crippen LogP contribution in [0, 0.1) is 5.92 Å². The molecule has 98 valence electrons. The Bertz CT molecular complexity index is 606. The lowest BCUT2D eigenvalue weighted by Crippen LogP contribution is -2.30. The fraction of sp³-hybridized carbons (Fsp3) is 0.333. The summed E-state index contributed by atoms with van der Waals surface area (Å²) in [7, 11) is 1.70. The monoisotopic (exact) mass is 255 g/mol. The van der Waals surface area contributed by atoms with Gasteiger partial charge in [0.1, 0.15) is 0 Å². The third kappa shape index (κ3) is 2.14. The number of hydrogen-bond acceptors (Lipinski definition) is 3. The number of benzene rings is 1. The van der Waals surface area contributed by atoms with Gasteiger partial charge in [-0.3, -0.25) is 9.78 Å². The highest BCUT2D eigenvalue weighted by Crippen LogP contribution is 2.29. The molecule has 0 spiro atoms. The van der Waals surface area contributed by atoms with E-state index < -0.39 is 0 Å². The van der Waals surface area contributed by atoms with E-state index in [4.69, 9.17) is 0 Å². The maximum atomic E-state index is 11.7. The number of pyridine rings is 1. The minimum Gasteiger partial charge on any atom is -0.370 e. The molecule has 1 unspecified atom stereocenters. The molecule has 4 nitrogen and oxygen atoms in total. The lowest BCUT2D eigenvalue weighted by atomic mass is 10.1. The highest BCUT2D eigenvalue weighted by atomic mass is 16.1. The molecule has 2 heterocycles. The van der Waals surface area contributed by atoms with Crippen molar-refractivity contribution in [3.8, 4) is 0 Å². The Morgan fingerprint density at radius 2 is 2.21 bits per heavy atom. The first kappa shape index (κ1) is 12.0. The van der Waals surface area contributed by atoms with E-state index in [0.717, 1.165) is 30.4 Å². The summed E-state index contributed by atoms with van der Waals surface area (Å²) in [4.78, 5) is 18.4. The van der Waals surface area contributed by atoms with Gasteiger partial charge in [0.2, 0.25) is 5.91 Å². The second-order valence-corrected chi connectivity index (χ2v) is 4.89. The number of fused-ring (bicyclic) bond motifs is 1. The molecule has 1 fully saturated rings. The van der Waals surface area contributed by atoms with E-state index in [0.29, 0.717) is 0 Å². The predicted octanol–water partition coefficient (Wildman–Crippen LogP) is 1.81. The van der Waals surface area contributed by atoms with Gasteiger partial charge in [0, 0.05) is 37.4 Å². The fourth-order valence-electron chi connectivity index (χ4n) is 2.75.